The standard InChI is InChI=1S/C25H34ClN3O5S/c1-4-34-16-8-15-27-25(31)20(2)29(18-22-11-13-23(26)14-12-22)24(30)19-28(35(3,32)33)17-21-9-6-5-7-10-21/h5-7,9-14,20H,4,8,15-19H2,1-3H3,(H,27,31)/t20-/m1/s1. The lowest BCUT2D eigenvalue weighted by atomic mass is 10.1. The van der Waals surface area contributed by atoms with E-state index < -0.39 is 22.0 Å². The van der Waals surface area contributed by atoms with E-state index in [0.717, 1.165) is 21.7 Å². The number of nitrogens with zero attached hydrogens (tertiary/aromatic N) is 2. The maximum Gasteiger partial charge on any atom is 0.242 e. The van der Waals surface area contributed by atoms with Crippen LogP contribution in [0.15, 0.2) is 54.6 Å². The van der Waals surface area contributed by atoms with Crippen molar-refractivity contribution in [2.75, 3.05) is 32.6 Å². The molecule has 0 aliphatic rings. The Morgan fingerprint density at radius 1 is 1.03 bits per heavy atom. The average Bonchev–Trinajstić information content (AvgIpc) is 2.82. The molecule has 2 rings (SSSR count). The van der Waals surface area contributed by atoms with Crippen LogP contribution < -0.4 is 5.32 Å². The molecule has 0 radical (unpaired) electrons. The van der Waals surface area contributed by atoms with Crippen molar-refractivity contribution in [3.05, 3.63) is 70.7 Å². The van der Waals surface area contributed by atoms with E-state index in [9.17, 15) is 18.0 Å². The summed E-state index contributed by atoms with van der Waals surface area (Å²) in [6.45, 7) is 4.88. The van der Waals surface area contributed by atoms with E-state index >= 15 is 0 Å². The van der Waals surface area contributed by atoms with Crippen LogP contribution in [0, 0.1) is 0 Å². The molecule has 0 aliphatic heterocycles. The van der Waals surface area contributed by atoms with Gasteiger partial charge in [0.05, 0.1) is 12.8 Å². The Morgan fingerprint density at radius 3 is 2.26 bits per heavy atom. The summed E-state index contributed by atoms with van der Waals surface area (Å²) in [4.78, 5) is 27.7. The molecule has 0 saturated heterocycles. The molecular formula is C25H34ClN3O5S. The molecule has 2 aromatic carbocycles. The van der Waals surface area contributed by atoms with Gasteiger partial charge >= 0.3 is 0 Å². The molecule has 0 bridgehead atoms. The van der Waals surface area contributed by atoms with Crippen LogP contribution in [0.3, 0.4) is 0 Å². The monoisotopic (exact) mass is 523 g/mol. The third kappa shape index (κ3) is 9.97. The van der Waals surface area contributed by atoms with Gasteiger partial charge in [-0.3, -0.25) is 9.59 Å². The fourth-order valence-electron chi connectivity index (χ4n) is 3.37. The molecule has 2 aromatic rings. The number of benzene rings is 2. The molecule has 10 heteroatoms. The minimum atomic E-state index is -3.69. The Bertz CT molecular complexity index is 1050. The Balaban J connectivity index is 2.20. The molecule has 0 saturated carbocycles. The van der Waals surface area contributed by atoms with Crippen LogP contribution in [-0.2, 0) is 37.4 Å². The van der Waals surface area contributed by atoms with E-state index in [1.807, 2.05) is 25.1 Å². The van der Waals surface area contributed by atoms with Crippen molar-refractivity contribution in [1.29, 1.82) is 0 Å². The lowest BCUT2D eigenvalue weighted by molar-refractivity contribution is -0.140. The number of ether oxygens (including phenoxy) is 1. The van der Waals surface area contributed by atoms with Crippen molar-refractivity contribution < 1.29 is 22.7 Å². The second-order valence-electron chi connectivity index (χ2n) is 8.18. The van der Waals surface area contributed by atoms with E-state index in [0.29, 0.717) is 31.2 Å². The van der Waals surface area contributed by atoms with Gasteiger partial charge in [-0.2, -0.15) is 4.31 Å². The van der Waals surface area contributed by atoms with Gasteiger partial charge in [-0.05, 0) is 43.5 Å². The lowest BCUT2D eigenvalue weighted by Crippen LogP contribution is -2.51. The summed E-state index contributed by atoms with van der Waals surface area (Å²) in [5, 5.41) is 3.38. The zero-order valence-corrected chi connectivity index (χ0v) is 22.0. The van der Waals surface area contributed by atoms with E-state index in [1.54, 1.807) is 43.3 Å². The number of amides is 2. The van der Waals surface area contributed by atoms with Crippen LogP contribution in [0.25, 0.3) is 0 Å². The SMILES string of the molecule is CCOCCCNC(=O)[C@@H](C)N(Cc1ccc(Cl)cc1)C(=O)CN(Cc1ccccc1)S(C)(=O)=O. The van der Waals surface area contributed by atoms with Crippen molar-refractivity contribution in [3.8, 4) is 0 Å². The van der Waals surface area contributed by atoms with Gasteiger partial charge < -0.3 is 15.0 Å². The van der Waals surface area contributed by atoms with E-state index in [4.69, 9.17) is 16.3 Å². The Kier molecular flexibility index (Phi) is 11.7. The first-order chi connectivity index (χ1) is 16.6. The van der Waals surface area contributed by atoms with Gasteiger partial charge in [-0.25, -0.2) is 8.42 Å². The number of carbonyl (C=O) groups excluding carboxylic acids is 2. The summed E-state index contributed by atoms with van der Waals surface area (Å²) in [7, 11) is -3.69. The molecule has 1 atom stereocenters. The molecule has 8 nitrogen and oxygen atoms in total. The lowest BCUT2D eigenvalue weighted by Gasteiger charge is -2.31. The topological polar surface area (TPSA) is 96.0 Å². The molecule has 2 amide bonds. The third-order valence-corrected chi connectivity index (χ3v) is 6.83. The molecule has 0 aliphatic carbocycles. The van der Waals surface area contributed by atoms with Gasteiger partial charge in [0, 0.05) is 37.9 Å². The quantitative estimate of drug-likeness (QED) is 0.384. The Hall–Kier alpha value is -2.46. The smallest absolute Gasteiger partial charge is 0.242 e. The van der Waals surface area contributed by atoms with Gasteiger partial charge in [0.1, 0.15) is 6.04 Å². The number of sulfonamides is 1. The van der Waals surface area contributed by atoms with Crippen LogP contribution in [0.2, 0.25) is 5.02 Å². The maximum atomic E-state index is 13.4. The molecule has 35 heavy (non-hydrogen) atoms. The zero-order chi connectivity index (χ0) is 25.8. The van der Waals surface area contributed by atoms with Crippen molar-refractivity contribution >= 4 is 33.4 Å². The fourth-order valence-corrected chi connectivity index (χ4v) is 4.22. The summed E-state index contributed by atoms with van der Waals surface area (Å²) in [6.07, 6.45) is 1.72. The number of hydrogen-bond donors (Lipinski definition) is 1. The number of hydrogen-bond acceptors (Lipinski definition) is 5. The highest BCUT2D eigenvalue weighted by atomic mass is 35.5. The van der Waals surface area contributed by atoms with Gasteiger partial charge in [-0.1, -0.05) is 54.1 Å². The van der Waals surface area contributed by atoms with Crippen LogP contribution in [0.1, 0.15) is 31.4 Å². The first kappa shape index (κ1) is 28.8. The normalized spacial score (nSPS) is 12.4. The van der Waals surface area contributed by atoms with Crippen molar-refractivity contribution in [2.45, 2.75) is 39.4 Å². The molecule has 0 heterocycles. The highest BCUT2D eigenvalue weighted by Crippen LogP contribution is 2.16. The first-order valence-corrected chi connectivity index (χ1v) is 13.7. The van der Waals surface area contributed by atoms with E-state index in [1.165, 1.54) is 4.90 Å². The number of nitrogens with one attached hydrogen (secondary N) is 1. The van der Waals surface area contributed by atoms with Crippen molar-refractivity contribution in [1.82, 2.24) is 14.5 Å². The van der Waals surface area contributed by atoms with Gasteiger partial charge in [0.2, 0.25) is 21.8 Å². The summed E-state index contributed by atoms with van der Waals surface area (Å²) < 4.78 is 31.3. The maximum absolute atomic E-state index is 13.4. The molecule has 1 N–H and O–H groups in total. The fraction of sp³-hybridized carbons (Fsp3) is 0.440. The number of carbonyl (C=O) groups is 2. The second-order valence-corrected chi connectivity index (χ2v) is 10.6. The summed E-state index contributed by atoms with van der Waals surface area (Å²) in [5.74, 6) is -0.795. The summed E-state index contributed by atoms with van der Waals surface area (Å²) in [6, 6.07) is 15.2. The second kappa shape index (κ2) is 14.2. The van der Waals surface area contributed by atoms with Crippen molar-refractivity contribution in [3.63, 3.8) is 0 Å². The van der Waals surface area contributed by atoms with E-state index in [-0.39, 0.29) is 25.5 Å². The predicted molar refractivity (Wildman–Crippen MR) is 137 cm³/mol. The summed E-state index contributed by atoms with van der Waals surface area (Å²) >= 11 is 5.98. The summed E-state index contributed by atoms with van der Waals surface area (Å²) in [5.41, 5.74) is 1.53. The van der Waals surface area contributed by atoms with Gasteiger partial charge in [0.25, 0.3) is 0 Å². The number of rotatable bonds is 14. The minimum Gasteiger partial charge on any atom is -0.382 e. The average molecular weight is 524 g/mol. The molecular weight excluding hydrogens is 490 g/mol. The van der Waals surface area contributed by atoms with Crippen LogP contribution in [0.5, 0.6) is 0 Å². The van der Waals surface area contributed by atoms with Crippen LogP contribution >= 0.6 is 11.6 Å². The first-order valence-electron chi connectivity index (χ1n) is 11.5. The van der Waals surface area contributed by atoms with Gasteiger partial charge in [-0.15, -0.1) is 0 Å². The third-order valence-electron chi connectivity index (χ3n) is 5.38. The molecule has 0 unspecified atom stereocenters. The zero-order valence-electron chi connectivity index (χ0n) is 20.4. The molecule has 192 valence electrons. The molecule has 0 aromatic heterocycles. The molecule has 0 fully saturated rings. The Morgan fingerprint density at radius 2 is 1.66 bits per heavy atom. The molecule has 0 spiro atoms. The van der Waals surface area contributed by atoms with E-state index in [2.05, 4.69) is 5.32 Å². The van der Waals surface area contributed by atoms with Crippen LogP contribution in [-0.4, -0.2) is 68.0 Å². The van der Waals surface area contributed by atoms with Crippen molar-refractivity contribution in [2.24, 2.45) is 0 Å². The highest BCUT2D eigenvalue weighted by Gasteiger charge is 2.29. The minimum absolute atomic E-state index is 0.0538. The van der Waals surface area contributed by atoms with Gasteiger partial charge in [0.15, 0.2) is 0 Å². The Labute approximate surface area is 213 Å². The largest absolute Gasteiger partial charge is 0.382 e. The highest BCUT2D eigenvalue weighted by molar-refractivity contribution is 7.88. The number of halogens is 1. The predicted octanol–water partition coefficient (Wildman–Crippen LogP) is 3.06. The van der Waals surface area contributed by atoms with Crippen LogP contribution in [0.4, 0.5) is 0 Å².